The van der Waals surface area contributed by atoms with Gasteiger partial charge in [-0.05, 0) is 72.5 Å². The molecule has 5 heteroatoms. The van der Waals surface area contributed by atoms with Crippen LogP contribution in [0, 0.1) is 13.8 Å². The van der Waals surface area contributed by atoms with Gasteiger partial charge in [0.2, 0.25) is 0 Å². The number of aliphatic imine (C=N–C) groups is 1. The molecule has 8 aromatic rings. The predicted octanol–water partition coefficient (Wildman–Crippen LogP) is 10.4. The summed E-state index contributed by atoms with van der Waals surface area (Å²) in [4.78, 5) is 19.8. The van der Waals surface area contributed by atoms with Crippen LogP contribution in [0.2, 0.25) is 0 Å². The Morgan fingerprint density at radius 3 is 2.14 bits per heavy atom. The van der Waals surface area contributed by atoms with E-state index in [0.29, 0.717) is 0 Å². The third-order valence-corrected chi connectivity index (χ3v) is 9.46. The number of rotatable bonds is 5. The molecule has 1 aliphatic heterocycles. The maximum absolute atomic E-state index is 5.20. The third-order valence-electron chi connectivity index (χ3n) is 9.46. The molecule has 1 atom stereocenters. The molecule has 5 aromatic carbocycles. The number of hydrogen-bond acceptors (Lipinski definition) is 5. The minimum atomic E-state index is -0.111. The van der Waals surface area contributed by atoms with Crippen molar-refractivity contribution < 1.29 is 0 Å². The minimum absolute atomic E-state index is 0.111. The second kappa shape index (κ2) is 12.2. The number of nitrogens with zero attached hydrogens (tertiary/aromatic N) is 4. The Balaban J connectivity index is 1.16. The second-order valence-electron chi connectivity index (χ2n) is 12.9. The van der Waals surface area contributed by atoms with Gasteiger partial charge < -0.3 is 5.32 Å². The van der Waals surface area contributed by atoms with Crippen molar-refractivity contribution in [1.29, 1.82) is 0 Å². The van der Waals surface area contributed by atoms with Crippen LogP contribution in [-0.4, -0.2) is 20.8 Å². The van der Waals surface area contributed by atoms with Crippen LogP contribution in [0.15, 0.2) is 157 Å². The highest BCUT2D eigenvalue weighted by molar-refractivity contribution is 6.08. The topological polar surface area (TPSA) is 63.1 Å². The first-order valence-electron chi connectivity index (χ1n) is 16.9. The van der Waals surface area contributed by atoms with E-state index in [-0.39, 0.29) is 6.04 Å². The number of amidine groups is 1. The van der Waals surface area contributed by atoms with Crippen molar-refractivity contribution in [2.24, 2.45) is 4.99 Å². The summed E-state index contributed by atoms with van der Waals surface area (Å²) in [5, 5.41) is 7.07. The van der Waals surface area contributed by atoms with E-state index in [9.17, 15) is 0 Å². The SMILES string of the molecule is Cc1ccc2ccc3c(-c4cccc(C5C=C(c6cccc(-c7cccc8cccnc78)c6)N=C(c6ccccc6)N5)c4)cc(C)nc3c2n1. The van der Waals surface area contributed by atoms with Crippen molar-refractivity contribution in [2.45, 2.75) is 19.9 Å². The molecular weight excluding hydrogens is 611 g/mol. The molecule has 3 aromatic heterocycles. The van der Waals surface area contributed by atoms with Gasteiger partial charge >= 0.3 is 0 Å². The monoisotopic (exact) mass is 643 g/mol. The number of aryl methyl sites for hydroxylation is 2. The highest BCUT2D eigenvalue weighted by Gasteiger charge is 2.21. The average Bonchev–Trinajstić information content (AvgIpc) is 3.17. The van der Waals surface area contributed by atoms with Gasteiger partial charge in [0.15, 0.2) is 0 Å². The fourth-order valence-electron chi connectivity index (χ4n) is 7.04. The number of nitrogens with one attached hydrogen (secondary N) is 1. The van der Waals surface area contributed by atoms with Crippen LogP contribution >= 0.6 is 0 Å². The van der Waals surface area contributed by atoms with E-state index in [0.717, 1.165) is 94.6 Å². The number of aromatic nitrogens is 3. The summed E-state index contributed by atoms with van der Waals surface area (Å²) >= 11 is 0. The molecule has 0 amide bonds. The molecule has 9 rings (SSSR count). The summed E-state index contributed by atoms with van der Waals surface area (Å²) in [6.45, 7) is 4.09. The molecule has 0 bridgehead atoms. The average molecular weight is 644 g/mol. The van der Waals surface area contributed by atoms with Gasteiger partial charge in [-0.1, -0.05) is 109 Å². The van der Waals surface area contributed by atoms with Crippen LogP contribution in [0.1, 0.15) is 34.1 Å². The Kier molecular flexibility index (Phi) is 7.24. The number of benzene rings is 5. The van der Waals surface area contributed by atoms with Crippen LogP contribution in [0.3, 0.4) is 0 Å². The molecule has 0 spiro atoms. The highest BCUT2D eigenvalue weighted by Crippen LogP contribution is 2.36. The first-order chi connectivity index (χ1) is 24.6. The summed E-state index contributed by atoms with van der Waals surface area (Å²) in [5.74, 6) is 0.842. The molecule has 1 unspecified atom stereocenters. The lowest BCUT2D eigenvalue weighted by Crippen LogP contribution is -2.31. The molecule has 1 N–H and O–H groups in total. The lowest BCUT2D eigenvalue weighted by Gasteiger charge is -2.25. The van der Waals surface area contributed by atoms with Gasteiger partial charge in [0.25, 0.3) is 0 Å². The van der Waals surface area contributed by atoms with Gasteiger partial charge in [-0.25, -0.2) is 4.99 Å². The summed E-state index contributed by atoms with van der Waals surface area (Å²) in [6.07, 6.45) is 4.10. The first-order valence-corrected chi connectivity index (χ1v) is 16.9. The van der Waals surface area contributed by atoms with E-state index in [2.05, 4.69) is 146 Å². The Labute approximate surface area is 290 Å². The van der Waals surface area contributed by atoms with Gasteiger partial charge in [0.05, 0.1) is 28.3 Å². The van der Waals surface area contributed by atoms with Gasteiger partial charge in [0, 0.05) is 50.4 Å². The third kappa shape index (κ3) is 5.39. The molecule has 0 aliphatic carbocycles. The lowest BCUT2D eigenvalue weighted by atomic mass is 9.94. The normalized spacial score (nSPS) is 14.4. The zero-order valence-corrected chi connectivity index (χ0v) is 27.8. The van der Waals surface area contributed by atoms with E-state index >= 15 is 0 Å². The highest BCUT2D eigenvalue weighted by atomic mass is 15.0. The first kappa shape index (κ1) is 29.7. The largest absolute Gasteiger partial charge is 0.359 e. The van der Waals surface area contributed by atoms with E-state index in [4.69, 9.17) is 19.9 Å². The van der Waals surface area contributed by atoms with Crippen LogP contribution in [0.25, 0.3) is 60.7 Å². The Morgan fingerprint density at radius 1 is 0.520 bits per heavy atom. The summed E-state index contributed by atoms with van der Waals surface area (Å²) < 4.78 is 0. The minimum Gasteiger partial charge on any atom is -0.359 e. The fourth-order valence-corrected chi connectivity index (χ4v) is 7.04. The molecule has 0 fully saturated rings. The molecule has 0 radical (unpaired) electrons. The van der Waals surface area contributed by atoms with Crippen LogP contribution in [0.5, 0.6) is 0 Å². The standard InChI is InChI=1S/C45H33N5/c1-28-19-20-31-21-22-38-39(24-29(2)48-44(38)43(31)47-28)34-14-7-16-36(26-34)41-27-40(49-45(50-41)32-10-4-3-5-11-32)35-15-6-13-33(25-35)37-18-8-12-30-17-9-23-46-42(30)37/h3-27,41H,1-2H3,(H,49,50). The van der Waals surface area contributed by atoms with Gasteiger partial charge in [0.1, 0.15) is 5.84 Å². The molecule has 238 valence electrons. The van der Waals surface area contributed by atoms with E-state index in [1.54, 1.807) is 0 Å². The number of fused-ring (bicyclic) bond motifs is 4. The quantitative estimate of drug-likeness (QED) is 0.190. The van der Waals surface area contributed by atoms with Crippen LogP contribution in [-0.2, 0) is 0 Å². The Morgan fingerprint density at radius 2 is 1.24 bits per heavy atom. The zero-order valence-electron chi connectivity index (χ0n) is 27.8. The van der Waals surface area contributed by atoms with Gasteiger partial charge in [-0.2, -0.15) is 0 Å². The lowest BCUT2D eigenvalue weighted by molar-refractivity contribution is 0.781. The predicted molar refractivity (Wildman–Crippen MR) is 206 cm³/mol. The van der Waals surface area contributed by atoms with Crippen molar-refractivity contribution >= 4 is 44.2 Å². The van der Waals surface area contributed by atoms with Gasteiger partial charge in [-0.15, -0.1) is 0 Å². The van der Waals surface area contributed by atoms with Crippen LogP contribution in [0.4, 0.5) is 0 Å². The van der Waals surface area contributed by atoms with E-state index in [1.807, 2.05) is 25.3 Å². The van der Waals surface area contributed by atoms with Crippen molar-refractivity contribution in [3.8, 4) is 22.3 Å². The number of para-hydroxylation sites is 1. The van der Waals surface area contributed by atoms with E-state index in [1.165, 1.54) is 0 Å². The molecule has 4 heterocycles. The zero-order chi connectivity index (χ0) is 33.6. The molecular formula is C45H33N5. The molecule has 0 saturated carbocycles. The second-order valence-corrected chi connectivity index (χ2v) is 12.9. The number of hydrogen-bond donors (Lipinski definition) is 1. The van der Waals surface area contributed by atoms with E-state index < -0.39 is 0 Å². The van der Waals surface area contributed by atoms with Crippen molar-refractivity contribution in [1.82, 2.24) is 20.3 Å². The summed E-state index contributed by atoms with van der Waals surface area (Å²) in [7, 11) is 0. The molecule has 1 aliphatic rings. The summed E-state index contributed by atoms with van der Waals surface area (Å²) in [6, 6.07) is 48.8. The van der Waals surface area contributed by atoms with Crippen molar-refractivity contribution in [3.63, 3.8) is 0 Å². The fraction of sp³-hybridized carbons (Fsp3) is 0.0667. The maximum atomic E-state index is 5.20. The van der Waals surface area contributed by atoms with Crippen molar-refractivity contribution in [2.75, 3.05) is 0 Å². The van der Waals surface area contributed by atoms with Gasteiger partial charge in [-0.3, -0.25) is 15.0 Å². The summed E-state index contributed by atoms with van der Waals surface area (Å²) in [5.41, 5.74) is 13.5. The Hall–Kier alpha value is -6.46. The Bertz CT molecular complexity index is 2650. The smallest absolute Gasteiger partial charge is 0.134 e. The molecule has 0 saturated heterocycles. The molecule has 50 heavy (non-hydrogen) atoms. The molecule has 5 nitrogen and oxygen atoms in total. The maximum Gasteiger partial charge on any atom is 0.134 e. The van der Waals surface area contributed by atoms with Crippen molar-refractivity contribution in [3.05, 3.63) is 180 Å². The van der Waals surface area contributed by atoms with Crippen LogP contribution < -0.4 is 5.32 Å². The number of pyridine rings is 3.